The second-order valence-corrected chi connectivity index (χ2v) is 23.8. The van der Waals surface area contributed by atoms with Gasteiger partial charge in [-0.05, 0) is 83.5 Å². The maximum atomic E-state index is 12.9. The first-order valence-electron chi connectivity index (χ1n) is 35.3. The SMILES string of the molecule is CC/C=C\C/C=C\C/C=C\C/C=C\CCCCCCCCCCCCCCCCC(=O)OC(COC(=O)CCCCCCCC)COC(=O)CCCCCCCCCCCCCCCCCCC/C=C\CCCCCCCCCC. The van der Waals surface area contributed by atoms with Crippen LogP contribution < -0.4 is 0 Å². The quantitative estimate of drug-likeness (QED) is 0.0261. The van der Waals surface area contributed by atoms with Gasteiger partial charge in [-0.25, -0.2) is 0 Å². The van der Waals surface area contributed by atoms with Crippen molar-refractivity contribution in [3.63, 3.8) is 0 Å². The molecule has 1 atom stereocenters. The van der Waals surface area contributed by atoms with Gasteiger partial charge in [0.15, 0.2) is 6.10 Å². The summed E-state index contributed by atoms with van der Waals surface area (Å²) in [6.07, 6.45) is 88.7. The highest BCUT2D eigenvalue weighted by molar-refractivity contribution is 5.71. The molecule has 0 saturated heterocycles. The lowest BCUT2D eigenvalue weighted by Crippen LogP contribution is -2.30. The van der Waals surface area contributed by atoms with Crippen LogP contribution in [0.1, 0.15) is 374 Å². The predicted molar refractivity (Wildman–Crippen MR) is 348 cm³/mol. The Morgan fingerprint density at radius 2 is 0.487 bits per heavy atom. The Morgan fingerprint density at radius 1 is 0.263 bits per heavy atom. The third kappa shape index (κ3) is 65.9. The fourth-order valence-corrected chi connectivity index (χ4v) is 10.5. The second-order valence-electron chi connectivity index (χ2n) is 23.8. The number of allylic oxidation sites excluding steroid dienone is 10. The van der Waals surface area contributed by atoms with Crippen molar-refractivity contribution in [1.82, 2.24) is 0 Å². The molecule has 0 rings (SSSR count). The molecular formula is C74H134O6. The van der Waals surface area contributed by atoms with Gasteiger partial charge in [-0.1, -0.05) is 332 Å². The van der Waals surface area contributed by atoms with Crippen LogP contribution in [0.4, 0.5) is 0 Å². The van der Waals surface area contributed by atoms with E-state index in [-0.39, 0.29) is 31.1 Å². The van der Waals surface area contributed by atoms with E-state index in [1.807, 2.05) is 0 Å². The first kappa shape index (κ1) is 77.1. The fourth-order valence-electron chi connectivity index (χ4n) is 10.5. The van der Waals surface area contributed by atoms with Gasteiger partial charge in [0, 0.05) is 19.3 Å². The van der Waals surface area contributed by atoms with Crippen molar-refractivity contribution in [2.24, 2.45) is 0 Å². The van der Waals surface area contributed by atoms with E-state index < -0.39 is 6.10 Å². The molecule has 0 fully saturated rings. The zero-order valence-corrected chi connectivity index (χ0v) is 53.6. The summed E-state index contributed by atoms with van der Waals surface area (Å²) in [6.45, 7) is 6.52. The highest BCUT2D eigenvalue weighted by Crippen LogP contribution is 2.18. The molecule has 0 radical (unpaired) electrons. The van der Waals surface area contributed by atoms with Gasteiger partial charge in [0.05, 0.1) is 0 Å². The van der Waals surface area contributed by atoms with Crippen LogP contribution >= 0.6 is 0 Å². The molecule has 0 aliphatic heterocycles. The van der Waals surface area contributed by atoms with Crippen LogP contribution in [0.15, 0.2) is 60.8 Å². The van der Waals surface area contributed by atoms with E-state index in [1.165, 1.54) is 250 Å². The van der Waals surface area contributed by atoms with Crippen molar-refractivity contribution in [2.75, 3.05) is 13.2 Å². The monoisotopic (exact) mass is 1120 g/mol. The average molecular weight is 1120 g/mol. The summed E-state index contributed by atoms with van der Waals surface area (Å²) in [7, 11) is 0. The number of carbonyl (C=O) groups excluding carboxylic acids is 3. The number of ether oxygens (including phenoxy) is 3. The first-order valence-corrected chi connectivity index (χ1v) is 35.3. The smallest absolute Gasteiger partial charge is 0.306 e. The molecule has 0 amide bonds. The lowest BCUT2D eigenvalue weighted by atomic mass is 10.0. The molecule has 0 aliphatic rings. The standard InChI is InChI=1S/C74H134O6/c1-4-7-10-13-16-18-20-22-24-26-28-30-32-34-36-37-39-40-42-44-46-48-50-52-54-56-58-61-64-67-73(76)79-70-71(69-78-72(75)66-63-60-15-12-9-6-3)80-74(77)68-65-62-59-57-55-53-51-49-47-45-43-41-38-35-33-31-29-27-25-23-21-19-17-14-11-8-5-2/h8,11,17,19,23,25-26,28-29,31,71H,4-7,9-10,12-16,18,20-22,24,27,30,32-70H2,1-3H3/b11-8-,19-17-,25-23-,28-26-,31-29-. The van der Waals surface area contributed by atoms with E-state index in [1.54, 1.807) is 0 Å². The van der Waals surface area contributed by atoms with E-state index >= 15 is 0 Å². The van der Waals surface area contributed by atoms with Crippen molar-refractivity contribution in [2.45, 2.75) is 380 Å². The van der Waals surface area contributed by atoms with Gasteiger partial charge in [0.2, 0.25) is 0 Å². The molecule has 1 unspecified atom stereocenters. The van der Waals surface area contributed by atoms with Gasteiger partial charge in [0.1, 0.15) is 13.2 Å². The van der Waals surface area contributed by atoms with E-state index in [2.05, 4.69) is 81.5 Å². The summed E-state index contributed by atoms with van der Waals surface area (Å²) in [4.78, 5) is 38.1. The van der Waals surface area contributed by atoms with Crippen molar-refractivity contribution in [3.05, 3.63) is 60.8 Å². The van der Waals surface area contributed by atoms with Crippen molar-refractivity contribution >= 4 is 17.9 Å². The summed E-state index contributed by atoms with van der Waals surface area (Å²) in [5, 5.41) is 0. The van der Waals surface area contributed by atoms with Crippen LogP contribution in [0.3, 0.4) is 0 Å². The van der Waals surface area contributed by atoms with Crippen LogP contribution in [-0.4, -0.2) is 37.2 Å². The lowest BCUT2D eigenvalue weighted by Gasteiger charge is -2.18. The number of esters is 3. The predicted octanol–water partition coefficient (Wildman–Crippen LogP) is 24.3. The van der Waals surface area contributed by atoms with Gasteiger partial charge in [0.25, 0.3) is 0 Å². The van der Waals surface area contributed by atoms with Gasteiger partial charge >= 0.3 is 17.9 Å². The molecule has 80 heavy (non-hydrogen) atoms. The Bertz CT molecular complexity index is 1430. The summed E-state index contributed by atoms with van der Waals surface area (Å²) in [5.74, 6) is -0.859. The topological polar surface area (TPSA) is 78.9 Å². The molecular weight excluding hydrogens is 985 g/mol. The Kier molecular flexibility index (Phi) is 66.1. The molecule has 0 aromatic heterocycles. The van der Waals surface area contributed by atoms with Crippen molar-refractivity contribution in [3.8, 4) is 0 Å². The first-order chi connectivity index (χ1) is 39.5. The minimum absolute atomic E-state index is 0.0696. The van der Waals surface area contributed by atoms with Crippen LogP contribution in [0.2, 0.25) is 0 Å². The van der Waals surface area contributed by atoms with E-state index in [0.717, 1.165) is 83.5 Å². The summed E-state index contributed by atoms with van der Waals surface area (Å²) < 4.78 is 16.9. The Labute approximate surface area is 498 Å². The minimum atomic E-state index is -0.770. The fraction of sp³-hybridized carbons (Fsp3) is 0.824. The maximum Gasteiger partial charge on any atom is 0.306 e. The van der Waals surface area contributed by atoms with Gasteiger partial charge < -0.3 is 14.2 Å². The van der Waals surface area contributed by atoms with E-state index in [9.17, 15) is 14.4 Å². The van der Waals surface area contributed by atoms with E-state index in [0.29, 0.717) is 19.3 Å². The van der Waals surface area contributed by atoms with Crippen molar-refractivity contribution < 1.29 is 28.6 Å². The van der Waals surface area contributed by atoms with Crippen LogP contribution in [-0.2, 0) is 28.6 Å². The number of carbonyl (C=O) groups is 3. The average Bonchev–Trinajstić information content (AvgIpc) is 3.46. The molecule has 466 valence electrons. The summed E-state index contributed by atoms with van der Waals surface area (Å²) in [5.41, 5.74) is 0. The van der Waals surface area contributed by atoms with Crippen LogP contribution in [0.25, 0.3) is 0 Å². The lowest BCUT2D eigenvalue weighted by molar-refractivity contribution is -0.167. The maximum absolute atomic E-state index is 12.9. The molecule has 0 N–H and O–H groups in total. The minimum Gasteiger partial charge on any atom is -0.462 e. The normalized spacial score (nSPS) is 12.4. The molecule has 0 aliphatic carbocycles. The van der Waals surface area contributed by atoms with Gasteiger partial charge in [-0.3, -0.25) is 14.4 Å². The van der Waals surface area contributed by atoms with Crippen LogP contribution in [0, 0.1) is 0 Å². The molecule has 0 aromatic carbocycles. The van der Waals surface area contributed by atoms with Gasteiger partial charge in [-0.15, -0.1) is 0 Å². The third-order valence-electron chi connectivity index (χ3n) is 15.8. The number of unbranched alkanes of at least 4 members (excludes halogenated alkanes) is 44. The summed E-state index contributed by atoms with van der Waals surface area (Å²) in [6, 6.07) is 0. The molecule has 0 aromatic rings. The zero-order valence-electron chi connectivity index (χ0n) is 53.6. The molecule has 0 bridgehead atoms. The second kappa shape index (κ2) is 68.6. The van der Waals surface area contributed by atoms with Gasteiger partial charge in [-0.2, -0.15) is 0 Å². The number of hydrogen-bond donors (Lipinski definition) is 0. The van der Waals surface area contributed by atoms with Crippen LogP contribution in [0.5, 0.6) is 0 Å². The Morgan fingerprint density at radius 3 is 0.775 bits per heavy atom. The van der Waals surface area contributed by atoms with E-state index in [4.69, 9.17) is 14.2 Å². The highest BCUT2D eigenvalue weighted by atomic mass is 16.6. The third-order valence-corrected chi connectivity index (χ3v) is 15.8. The Hall–Kier alpha value is -2.89. The molecule has 0 saturated carbocycles. The molecule has 6 heteroatoms. The van der Waals surface area contributed by atoms with Crippen molar-refractivity contribution in [1.29, 1.82) is 0 Å². The Balaban J connectivity index is 3.99. The number of rotatable bonds is 65. The molecule has 0 heterocycles. The number of hydrogen-bond acceptors (Lipinski definition) is 6. The highest BCUT2D eigenvalue weighted by Gasteiger charge is 2.19. The molecule has 6 nitrogen and oxygen atoms in total. The largest absolute Gasteiger partial charge is 0.462 e. The summed E-state index contributed by atoms with van der Waals surface area (Å²) >= 11 is 0. The molecule has 0 spiro atoms. The zero-order chi connectivity index (χ0) is 57.8.